The zero-order valence-corrected chi connectivity index (χ0v) is 11.8. The number of alkyl halides is 3. The molecule has 2 aromatic heterocycles. The van der Waals surface area contributed by atoms with E-state index in [0.29, 0.717) is 28.9 Å². The van der Waals surface area contributed by atoms with Gasteiger partial charge in [-0.15, -0.1) is 0 Å². The smallest absolute Gasteiger partial charge is 0.417 e. The Morgan fingerprint density at radius 2 is 2.00 bits per heavy atom. The highest BCUT2D eigenvalue weighted by atomic mass is 19.4. The molecule has 0 aliphatic heterocycles. The second-order valence-electron chi connectivity index (χ2n) is 4.80. The molecule has 0 aliphatic rings. The zero-order chi connectivity index (χ0) is 16.6. The standard InChI is InChI=1S/C15H10F3N3O2/c1-8-20-12-6-10(3-5-13(12)23-8)21-14(22)11-4-2-9(7-19-11)15(16,17)18/h2-7H,1H3,(H,21,22). The number of hydrogen-bond acceptors (Lipinski definition) is 4. The molecule has 3 aromatic rings. The van der Waals surface area contributed by atoms with Gasteiger partial charge in [0, 0.05) is 18.8 Å². The topological polar surface area (TPSA) is 68.0 Å². The van der Waals surface area contributed by atoms with Crippen LogP contribution >= 0.6 is 0 Å². The summed E-state index contributed by atoms with van der Waals surface area (Å²) >= 11 is 0. The van der Waals surface area contributed by atoms with Crippen molar-refractivity contribution in [2.75, 3.05) is 5.32 Å². The lowest BCUT2D eigenvalue weighted by Crippen LogP contribution is -2.14. The first kappa shape index (κ1) is 15.0. The fraction of sp³-hybridized carbons (Fsp3) is 0.133. The van der Waals surface area contributed by atoms with Gasteiger partial charge in [0.05, 0.1) is 5.56 Å². The molecular formula is C15H10F3N3O2. The highest BCUT2D eigenvalue weighted by Gasteiger charge is 2.30. The van der Waals surface area contributed by atoms with E-state index >= 15 is 0 Å². The molecule has 118 valence electrons. The summed E-state index contributed by atoms with van der Waals surface area (Å²) in [6.45, 7) is 1.70. The van der Waals surface area contributed by atoms with Gasteiger partial charge in [-0.25, -0.2) is 4.98 Å². The lowest BCUT2D eigenvalue weighted by molar-refractivity contribution is -0.137. The molecule has 1 N–H and O–H groups in total. The second-order valence-corrected chi connectivity index (χ2v) is 4.80. The largest absolute Gasteiger partial charge is 0.441 e. The number of amides is 1. The molecular weight excluding hydrogens is 311 g/mol. The lowest BCUT2D eigenvalue weighted by atomic mass is 10.2. The van der Waals surface area contributed by atoms with Gasteiger partial charge in [-0.2, -0.15) is 13.2 Å². The quantitative estimate of drug-likeness (QED) is 0.779. The second kappa shape index (κ2) is 5.38. The van der Waals surface area contributed by atoms with Gasteiger partial charge in [-0.05, 0) is 30.3 Å². The van der Waals surface area contributed by atoms with Gasteiger partial charge >= 0.3 is 6.18 Å². The summed E-state index contributed by atoms with van der Waals surface area (Å²) in [5, 5.41) is 2.55. The number of aromatic nitrogens is 2. The van der Waals surface area contributed by atoms with E-state index in [4.69, 9.17) is 4.42 Å². The SMILES string of the molecule is Cc1nc2cc(NC(=O)c3ccc(C(F)(F)F)cn3)ccc2o1. The van der Waals surface area contributed by atoms with E-state index in [0.717, 1.165) is 12.1 Å². The monoisotopic (exact) mass is 321 g/mol. The molecule has 1 aromatic carbocycles. The zero-order valence-electron chi connectivity index (χ0n) is 11.8. The van der Waals surface area contributed by atoms with E-state index in [1.165, 1.54) is 0 Å². The number of nitrogens with zero attached hydrogens (tertiary/aromatic N) is 2. The van der Waals surface area contributed by atoms with Gasteiger partial charge in [0.1, 0.15) is 11.2 Å². The number of oxazole rings is 1. The van der Waals surface area contributed by atoms with Gasteiger partial charge in [-0.1, -0.05) is 0 Å². The van der Waals surface area contributed by atoms with Crippen LogP contribution in [0.15, 0.2) is 40.9 Å². The maximum absolute atomic E-state index is 12.5. The van der Waals surface area contributed by atoms with E-state index in [2.05, 4.69) is 15.3 Å². The molecule has 0 atom stereocenters. The molecule has 0 radical (unpaired) electrons. The Morgan fingerprint density at radius 1 is 1.22 bits per heavy atom. The maximum Gasteiger partial charge on any atom is 0.417 e. The average Bonchev–Trinajstić information content (AvgIpc) is 2.86. The minimum atomic E-state index is -4.49. The van der Waals surface area contributed by atoms with E-state index in [-0.39, 0.29) is 5.69 Å². The summed E-state index contributed by atoms with van der Waals surface area (Å²) in [5.41, 5.74) is 0.564. The number of benzene rings is 1. The van der Waals surface area contributed by atoms with Crippen molar-refractivity contribution in [3.63, 3.8) is 0 Å². The summed E-state index contributed by atoms with van der Waals surface area (Å²) in [6, 6.07) is 6.69. The van der Waals surface area contributed by atoms with Crippen molar-refractivity contribution < 1.29 is 22.4 Å². The average molecular weight is 321 g/mol. The molecule has 0 unspecified atom stereocenters. The Labute approximate surface area is 128 Å². The molecule has 0 saturated carbocycles. The minimum absolute atomic E-state index is 0.116. The van der Waals surface area contributed by atoms with E-state index in [1.54, 1.807) is 25.1 Å². The number of hydrogen-bond donors (Lipinski definition) is 1. The number of aryl methyl sites for hydroxylation is 1. The highest BCUT2D eigenvalue weighted by molar-refractivity contribution is 6.03. The number of rotatable bonds is 2. The Morgan fingerprint density at radius 3 is 2.65 bits per heavy atom. The van der Waals surface area contributed by atoms with Crippen LogP contribution in [0.4, 0.5) is 18.9 Å². The molecule has 1 amide bonds. The summed E-state index contributed by atoms with van der Waals surface area (Å²) in [6.07, 6.45) is -3.86. The van der Waals surface area contributed by atoms with Gasteiger partial charge in [0.25, 0.3) is 5.91 Å². The number of carbonyl (C=O) groups is 1. The number of pyridine rings is 1. The Balaban J connectivity index is 1.79. The molecule has 3 rings (SSSR count). The first-order valence-electron chi connectivity index (χ1n) is 6.55. The third-order valence-corrected chi connectivity index (χ3v) is 3.08. The first-order chi connectivity index (χ1) is 10.8. The van der Waals surface area contributed by atoms with Crippen molar-refractivity contribution >= 4 is 22.7 Å². The van der Waals surface area contributed by atoms with Crippen molar-refractivity contribution in [1.82, 2.24) is 9.97 Å². The molecule has 0 spiro atoms. The number of nitrogens with one attached hydrogen (secondary N) is 1. The molecule has 0 bridgehead atoms. The Kier molecular flexibility index (Phi) is 3.51. The maximum atomic E-state index is 12.5. The Hall–Kier alpha value is -2.90. The lowest BCUT2D eigenvalue weighted by Gasteiger charge is -2.07. The van der Waals surface area contributed by atoms with Crippen molar-refractivity contribution in [3.05, 3.63) is 53.7 Å². The van der Waals surface area contributed by atoms with Crippen LogP contribution in [0.1, 0.15) is 21.9 Å². The summed E-state index contributed by atoms with van der Waals surface area (Å²) in [7, 11) is 0. The van der Waals surface area contributed by atoms with E-state index < -0.39 is 17.6 Å². The molecule has 0 fully saturated rings. The van der Waals surface area contributed by atoms with Crippen LogP contribution in [0.2, 0.25) is 0 Å². The number of fused-ring (bicyclic) bond motifs is 1. The van der Waals surface area contributed by atoms with Crippen LogP contribution in [0.25, 0.3) is 11.1 Å². The number of anilines is 1. The van der Waals surface area contributed by atoms with Gasteiger partial charge in [0.2, 0.25) is 0 Å². The first-order valence-corrected chi connectivity index (χ1v) is 6.55. The van der Waals surface area contributed by atoms with Gasteiger partial charge < -0.3 is 9.73 Å². The summed E-state index contributed by atoms with van der Waals surface area (Å²) in [5.74, 6) is -0.119. The Bertz CT molecular complexity index is 870. The molecule has 0 saturated heterocycles. The van der Waals surface area contributed by atoms with Gasteiger partial charge in [-0.3, -0.25) is 9.78 Å². The summed E-state index contributed by atoms with van der Waals surface area (Å²) < 4.78 is 42.7. The third kappa shape index (κ3) is 3.15. The molecule has 5 nitrogen and oxygen atoms in total. The van der Waals surface area contributed by atoms with Crippen LogP contribution in [0.5, 0.6) is 0 Å². The fourth-order valence-corrected chi connectivity index (χ4v) is 2.01. The number of halogens is 3. The van der Waals surface area contributed by atoms with Crippen LogP contribution in [-0.4, -0.2) is 15.9 Å². The van der Waals surface area contributed by atoms with Crippen molar-refractivity contribution in [1.29, 1.82) is 0 Å². The molecule has 0 aliphatic carbocycles. The van der Waals surface area contributed by atoms with Crippen LogP contribution in [0.3, 0.4) is 0 Å². The van der Waals surface area contributed by atoms with Crippen molar-refractivity contribution in [2.45, 2.75) is 13.1 Å². The third-order valence-electron chi connectivity index (χ3n) is 3.08. The van der Waals surface area contributed by atoms with Crippen LogP contribution < -0.4 is 5.32 Å². The highest BCUT2D eigenvalue weighted by Crippen LogP contribution is 2.28. The van der Waals surface area contributed by atoms with E-state index in [9.17, 15) is 18.0 Å². The molecule has 2 heterocycles. The van der Waals surface area contributed by atoms with Crippen LogP contribution in [0, 0.1) is 6.92 Å². The van der Waals surface area contributed by atoms with Crippen molar-refractivity contribution in [2.24, 2.45) is 0 Å². The van der Waals surface area contributed by atoms with E-state index in [1.807, 2.05) is 0 Å². The molecule has 23 heavy (non-hydrogen) atoms. The van der Waals surface area contributed by atoms with Gasteiger partial charge in [0.15, 0.2) is 11.5 Å². The number of carbonyl (C=O) groups excluding carboxylic acids is 1. The predicted molar refractivity (Wildman–Crippen MR) is 75.9 cm³/mol. The predicted octanol–water partition coefficient (Wildman–Crippen LogP) is 3.80. The minimum Gasteiger partial charge on any atom is -0.441 e. The van der Waals surface area contributed by atoms with Crippen molar-refractivity contribution in [3.8, 4) is 0 Å². The van der Waals surface area contributed by atoms with Crippen LogP contribution in [-0.2, 0) is 6.18 Å². The molecule has 8 heteroatoms. The normalized spacial score (nSPS) is 11.7. The summed E-state index contributed by atoms with van der Waals surface area (Å²) in [4.78, 5) is 19.7. The fourth-order valence-electron chi connectivity index (χ4n) is 2.01.